The van der Waals surface area contributed by atoms with Crippen molar-refractivity contribution in [2.75, 3.05) is 20.1 Å². The molecule has 158 valence electrons. The number of benzene rings is 2. The average Bonchev–Trinajstić information content (AvgIpc) is 2.77. The molecule has 2 atom stereocenters. The van der Waals surface area contributed by atoms with Crippen LogP contribution in [0.3, 0.4) is 0 Å². The molecule has 1 aliphatic heterocycles. The van der Waals surface area contributed by atoms with Gasteiger partial charge in [-0.15, -0.1) is 0 Å². The number of non-ortho nitro benzene ring substituents is 1. The number of aryl methyl sites for hydroxylation is 1. The van der Waals surface area contributed by atoms with Gasteiger partial charge in [-0.05, 0) is 44.4 Å². The minimum Gasteiger partial charge on any atom is -0.339 e. The molecule has 1 saturated heterocycles. The summed E-state index contributed by atoms with van der Waals surface area (Å²) in [5.74, 6) is -0.378. The third-order valence-electron chi connectivity index (χ3n) is 5.85. The van der Waals surface area contributed by atoms with Gasteiger partial charge in [0.1, 0.15) is 0 Å². The Kier molecular flexibility index (Phi) is 6.50. The number of rotatable bonds is 5. The fourth-order valence-corrected chi connectivity index (χ4v) is 3.84. The maximum atomic E-state index is 13.1. The summed E-state index contributed by atoms with van der Waals surface area (Å²) in [6.45, 7) is 4.86. The van der Waals surface area contributed by atoms with Gasteiger partial charge >= 0.3 is 0 Å². The Morgan fingerprint density at radius 1 is 1.20 bits per heavy atom. The summed E-state index contributed by atoms with van der Waals surface area (Å²) >= 11 is 0. The summed E-state index contributed by atoms with van der Waals surface area (Å²) < 4.78 is 0. The van der Waals surface area contributed by atoms with Crippen molar-refractivity contribution in [1.29, 1.82) is 0 Å². The summed E-state index contributed by atoms with van der Waals surface area (Å²) in [5.41, 5.74) is 2.44. The number of carbonyl (C=O) groups is 2. The Balaban J connectivity index is 1.69. The number of amides is 2. The van der Waals surface area contributed by atoms with Crippen molar-refractivity contribution in [2.24, 2.45) is 5.92 Å². The summed E-state index contributed by atoms with van der Waals surface area (Å²) in [7, 11) is 1.71. The smallest absolute Gasteiger partial charge is 0.269 e. The van der Waals surface area contributed by atoms with E-state index in [0.29, 0.717) is 24.2 Å². The van der Waals surface area contributed by atoms with Crippen molar-refractivity contribution in [3.8, 4) is 0 Å². The first-order valence-electron chi connectivity index (χ1n) is 10.1. The van der Waals surface area contributed by atoms with Crippen molar-refractivity contribution >= 4 is 17.5 Å². The quantitative estimate of drug-likeness (QED) is 0.552. The number of piperidine rings is 1. The van der Waals surface area contributed by atoms with E-state index in [9.17, 15) is 19.7 Å². The molecule has 2 aromatic carbocycles. The molecular weight excluding hydrogens is 382 g/mol. The average molecular weight is 409 g/mol. The lowest BCUT2D eigenvalue weighted by Crippen LogP contribution is -2.46. The Morgan fingerprint density at radius 2 is 1.90 bits per heavy atom. The van der Waals surface area contributed by atoms with Crippen molar-refractivity contribution in [2.45, 2.75) is 32.7 Å². The van der Waals surface area contributed by atoms with Gasteiger partial charge in [-0.3, -0.25) is 19.7 Å². The monoisotopic (exact) mass is 409 g/mol. The maximum absolute atomic E-state index is 13.1. The number of likely N-dealkylation sites (tertiary alicyclic amines) is 1. The second kappa shape index (κ2) is 9.07. The number of nitro benzene ring substituents is 1. The molecule has 2 amide bonds. The molecule has 7 nitrogen and oxygen atoms in total. The first kappa shape index (κ1) is 21.5. The fraction of sp³-hybridized carbons (Fsp3) is 0.391. The van der Waals surface area contributed by atoms with Gasteiger partial charge in [0.2, 0.25) is 5.91 Å². The van der Waals surface area contributed by atoms with Crippen LogP contribution in [-0.2, 0) is 4.79 Å². The molecule has 0 saturated carbocycles. The molecule has 0 N–H and O–H groups in total. The third kappa shape index (κ3) is 4.67. The summed E-state index contributed by atoms with van der Waals surface area (Å²) in [6.07, 6.45) is 1.50. The van der Waals surface area contributed by atoms with Crippen LogP contribution in [0, 0.1) is 23.0 Å². The molecule has 0 aromatic heterocycles. The Hall–Kier alpha value is -3.22. The van der Waals surface area contributed by atoms with Gasteiger partial charge in [0.15, 0.2) is 0 Å². The van der Waals surface area contributed by atoms with E-state index in [2.05, 4.69) is 0 Å². The molecule has 7 heteroatoms. The highest BCUT2D eigenvalue weighted by Crippen LogP contribution is 2.27. The molecule has 2 unspecified atom stereocenters. The number of nitrogens with zero attached hydrogens (tertiary/aromatic N) is 3. The van der Waals surface area contributed by atoms with Crippen LogP contribution >= 0.6 is 0 Å². The molecular formula is C23H27N3O4. The number of nitro groups is 1. The largest absolute Gasteiger partial charge is 0.339 e. The first-order valence-corrected chi connectivity index (χ1v) is 10.1. The van der Waals surface area contributed by atoms with Gasteiger partial charge in [0.05, 0.1) is 16.9 Å². The summed E-state index contributed by atoms with van der Waals surface area (Å²) in [5, 5.41) is 11.0. The molecule has 2 aromatic rings. The van der Waals surface area contributed by atoms with Crippen LogP contribution < -0.4 is 0 Å². The van der Waals surface area contributed by atoms with Gasteiger partial charge < -0.3 is 9.80 Å². The topological polar surface area (TPSA) is 83.8 Å². The van der Waals surface area contributed by atoms with Crippen LogP contribution in [0.1, 0.15) is 47.3 Å². The molecule has 1 heterocycles. The molecule has 0 aliphatic carbocycles. The standard InChI is InChI=1S/C23H27N3O4/c1-16-9-11-18(12-10-16)23(28)25-13-5-7-20(15-25)22(27)24(3)17(2)19-6-4-8-21(14-19)26(29)30/h4,6,8-12,14,17,20H,5,7,13,15H2,1-3H3. The lowest BCUT2D eigenvalue weighted by molar-refractivity contribution is -0.384. The highest BCUT2D eigenvalue weighted by atomic mass is 16.6. The van der Waals surface area contributed by atoms with Crippen molar-refractivity contribution < 1.29 is 14.5 Å². The van der Waals surface area contributed by atoms with Crippen LogP contribution in [0.15, 0.2) is 48.5 Å². The molecule has 1 fully saturated rings. The van der Waals surface area contributed by atoms with Crippen molar-refractivity contribution in [1.82, 2.24) is 9.80 Å². The molecule has 1 aliphatic rings. The summed E-state index contributed by atoms with van der Waals surface area (Å²) in [6, 6.07) is 13.5. The number of carbonyl (C=O) groups excluding carboxylic acids is 2. The van der Waals surface area contributed by atoms with E-state index >= 15 is 0 Å². The number of hydrogen-bond donors (Lipinski definition) is 0. The van der Waals surface area contributed by atoms with E-state index in [1.807, 2.05) is 38.1 Å². The van der Waals surface area contributed by atoms with E-state index in [0.717, 1.165) is 18.4 Å². The zero-order valence-corrected chi connectivity index (χ0v) is 17.6. The third-order valence-corrected chi connectivity index (χ3v) is 5.85. The van der Waals surface area contributed by atoms with Crippen LogP contribution in [0.5, 0.6) is 0 Å². The predicted octanol–water partition coefficient (Wildman–Crippen LogP) is 3.98. The lowest BCUT2D eigenvalue weighted by Gasteiger charge is -2.35. The van der Waals surface area contributed by atoms with E-state index < -0.39 is 4.92 Å². The minimum atomic E-state index is -0.437. The van der Waals surface area contributed by atoms with Crippen LogP contribution in [-0.4, -0.2) is 46.7 Å². The van der Waals surface area contributed by atoms with Gasteiger partial charge in [-0.2, -0.15) is 0 Å². The van der Waals surface area contributed by atoms with Crippen molar-refractivity contribution in [3.63, 3.8) is 0 Å². The minimum absolute atomic E-state index is 0.00716. The second-order valence-corrected chi connectivity index (χ2v) is 7.93. The zero-order chi connectivity index (χ0) is 21.8. The van der Waals surface area contributed by atoms with E-state index in [4.69, 9.17) is 0 Å². The Morgan fingerprint density at radius 3 is 2.57 bits per heavy atom. The van der Waals surface area contributed by atoms with Gasteiger partial charge in [0, 0.05) is 37.8 Å². The van der Waals surface area contributed by atoms with Crippen molar-refractivity contribution in [3.05, 3.63) is 75.3 Å². The first-order chi connectivity index (χ1) is 14.3. The summed E-state index contributed by atoms with van der Waals surface area (Å²) in [4.78, 5) is 40.0. The SMILES string of the molecule is Cc1ccc(C(=O)N2CCCC(C(=O)N(C)C(C)c3cccc([N+](=O)[O-])c3)C2)cc1. The second-order valence-electron chi connectivity index (χ2n) is 7.93. The van der Waals surface area contributed by atoms with Crippen LogP contribution in [0.25, 0.3) is 0 Å². The van der Waals surface area contributed by atoms with E-state index in [-0.39, 0.29) is 29.5 Å². The Labute approximate surface area is 176 Å². The fourth-order valence-electron chi connectivity index (χ4n) is 3.84. The highest BCUT2D eigenvalue weighted by molar-refractivity contribution is 5.94. The predicted molar refractivity (Wildman–Crippen MR) is 114 cm³/mol. The van der Waals surface area contributed by atoms with E-state index in [1.54, 1.807) is 29.0 Å². The molecule has 30 heavy (non-hydrogen) atoms. The molecule has 0 spiro atoms. The van der Waals surface area contributed by atoms with Gasteiger partial charge in [-0.1, -0.05) is 29.8 Å². The molecule has 0 radical (unpaired) electrons. The van der Waals surface area contributed by atoms with Crippen LogP contribution in [0.4, 0.5) is 5.69 Å². The molecule has 0 bridgehead atoms. The van der Waals surface area contributed by atoms with Gasteiger partial charge in [0.25, 0.3) is 11.6 Å². The number of hydrogen-bond acceptors (Lipinski definition) is 4. The highest BCUT2D eigenvalue weighted by Gasteiger charge is 2.32. The molecule has 3 rings (SSSR count). The maximum Gasteiger partial charge on any atom is 0.269 e. The Bertz CT molecular complexity index is 942. The lowest BCUT2D eigenvalue weighted by atomic mass is 9.94. The normalized spacial score (nSPS) is 17.3. The zero-order valence-electron chi connectivity index (χ0n) is 17.6. The van der Waals surface area contributed by atoms with Crippen LogP contribution in [0.2, 0.25) is 0 Å². The van der Waals surface area contributed by atoms with E-state index in [1.165, 1.54) is 12.1 Å². The van der Waals surface area contributed by atoms with Gasteiger partial charge in [-0.25, -0.2) is 0 Å².